The number of carbonyl (C=O) groups excluding carboxylic acids is 1. The molecule has 0 unspecified atom stereocenters. The molecule has 0 saturated heterocycles. The molecule has 0 aromatic heterocycles. The molecule has 230 valence electrons. The van der Waals surface area contributed by atoms with Crippen LogP contribution in [0.15, 0.2) is 99.4 Å². The van der Waals surface area contributed by atoms with Gasteiger partial charge in [-0.1, -0.05) is 41.4 Å². The van der Waals surface area contributed by atoms with Crippen LogP contribution < -0.4 is 23.9 Å². The van der Waals surface area contributed by atoms with Crippen LogP contribution in [-0.2, 0) is 21.4 Å². The van der Waals surface area contributed by atoms with Crippen LogP contribution in [0, 0.1) is 6.92 Å². The minimum absolute atomic E-state index is 0.0214. The number of rotatable bonds is 13. The number of nitrogens with one attached hydrogen (secondary N) is 1. The van der Waals surface area contributed by atoms with Crippen molar-refractivity contribution in [2.24, 2.45) is 5.10 Å². The number of sulfonamides is 1. The van der Waals surface area contributed by atoms with Gasteiger partial charge in [-0.05, 0) is 102 Å². The molecule has 0 fully saturated rings. The fourth-order valence-electron chi connectivity index (χ4n) is 4.06. The molecule has 4 aromatic carbocycles. The smallest absolute Gasteiger partial charge is 0.264 e. The van der Waals surface area contributed by atoms with Crippen molar-refractivity contribution in [3.8, 4) is 17.2 Å². The third-order valence-electron chi connectivity index (χ3n) is 6.28. The number of aryl methyl sites for hydroxylation is 1. The number of methoxy groups -OCH3 is 1. The van der Waals surface area contributed by atoms with Crippen molar-refractivity contribution >= 4 is 55.4 Å². The summed E-state index contributed by atoms with van der Waals surface area (Å²) in [6, 6.07) is 23.7. The van der Waals surface area contributed by atoms with Gasteiger partial charge in [-0.3, -0.25) is 9.10 Å². The fraction of sp³-hybridized carbons (Fsp3) is 0.188. The van der Waals surface area contributed by atoms with Crippen LogP contribution in [0.3, 0.4) is 0 Å². The third-order valence-corrected chi connectivity index (χ3v) is 8.91. The van der Waals surface area contributed by atoms with Gasteiger partial charge in [-0.2, -0.15) is 5.10 Å². The second-order valence-electron chi connectivity index (χ2n) is 9.49. The molecular formula is C32H31BrClN3O6S. The average Bonchev–Trinajstić information content (AvgIpc) is 3.01. The molecule has 0 atom stereocenters. The largest absolute Gasteiger partial charge is 0.494 e. The molecule has 0 aliphatic carbocycles. The Bertz CT molecular complexity index is 1720. The maximum absolute atomic E-state index is 13.6. The van der Waals surface area contributed by atoms with Gasteiger partial charge in [0.1, 0.15) is 18.9 Å². The number of benzene rings is 4. The first kappa shape index (κ1) is 32.8. The minimum atomic E-state index is -4.10. The topological polar surface area (TPSA) is 107 Å². The van der Waals surface area contributed by atoms with Crippen molar-refractivity contribution in [3.63, 3.8) is 0 Å². The maximum Gasteiger partial charge on any atom is 0.264 e. The summed E-state index contributed by atoms with van der Waals surface area (Å²) in [5.74, 6) is 0.861. The highest BCUT2D eigenvalue weighted by atomic mass is 79.9. The van der Waals surface area contributed by atoms with Gasteiger partial charge in [-0.25, -0.2) is 13.8 Å². The summed E-state index contributed by atoms with van der Waals surface area (Å²) >= 11 is 9.47. The van der Waals surface area contributed by atoms with E-state index in [1.807, 2.05) is 26.0 Å². The van der Waals surface area contributed by atoms with Gasteiger partial charge >= 0.3 is 0 Å². The highest BCUT2D eigenvalue weighted by Gasteiger charge is 2.27. The Morgan fingerprint density at radius 3 is 2.32 bits per heavy atom. The normalized spacial score (nSPS) is 11.3. The van der Waals surface area contributed by atoms with Crippen LogP contribution in [0.4, 0.5) is 5.69 Å². The zero-order valence-corrected chi connectivity index (χ0v) is 27.4. The molecule has 0 radical (unpaired) electrons. The van der Waals surface area contributed by atoms with Crippen molar-refractivity contribution in [2.75, 3.05) is 24.6 Å². The minimum Gasteiger partial charge on any atom is -0.494 e. The van der Waals surface area contributed by atoms with Crippen molar-refractivity contribution in [1.82, 2.24) is 5.43 Å². The lowest BCUT2D eigenvalue weighted by molar-refractivity contribution is -0.119. The van der Waals surface area contributed by atoms with Crippen molar-refractivity contribution in [2.45, 2.75) is 25.3 Å². The molecule has 0 aliphatic heterocycles. The first-order valence-corrected chi connectivity index (χ1v) is 16.1. The van der Waals surface area contributed by atoms with Gasteiger partial charge in [-0.15, -0.1) is 0 Å². The highest BCUT2D eigenvalue weighted by Crippen LogP contribution is 2.37. The number of amides is 1. The summed E-state index contributed by atoms with van der Waals surface area (Å²) in [5, 5.41) is 4.68. The Labute approximate surface area is 270 Å². The lowest BCUT2D eigenvalue weighted by Crippen LogP contribution is -2.39. The monoisotopic (exact) mass is 699 g/mol. The molecule has 9 nitrogen and oxygen atoms in total. The average molecular weight is 701 g/mol. The summed E-state index contributed by atoms with van der Waals surface area (Å²) < 4.78 is 45.8. The van der Waals surface area contributed by atoms with E-state index in [9.17, 15) is 13.2 Å². The standard InChI is InChI=1S/C32H31BrClN3O6S/c1-4-42-27-13-15-28(16-14-27)44(39,40)37(26-11-5-22(2)6-12-26)20-31(38)36-35-19-24-17-29(33)32(30(18-24)41-3)43-21-23-7-9-25(34)10-8-23/h5-19H,4,20-21H2,1-3H3,(H,36,38)/b35-19-. The van der Waals surface area contributed by atoms with E-state index in [2.05, 4.69) is 26.5 Å². The Balaban J connectivity index is 1.48. The lowest BCUT2D eigenvalue weighted by atomic mass is 10.2. The van der Waals surface area contributed by atoms with E-state index in [4.69, 9.17) is 25.8 Å². The van der Waals surface area contributed by atoms with Crippen LogP contribution in [-0.4, -0.2) is 40.8 Å². The molecule has 44 heavy (non-hydrogen) atoms. The molecule has 0 aliphatic rings. The molecule has 0 bridgehead atoms. The van der Waals surface area contributed by atoms with Crippen LogP contribution in [0.5, 0.6) is 17.2 Å². The Morgan fingerprint density at radius 2 is 1.68 bits per heavy atom. The van der Waals surface area contributed by atoms with E-state index in [1.54, 1.807) is 60.7 Å². The predicted octanol–water partition coefficient (Wildman–Crippen LogP) is 6.74. The van der Waals surface area contributed by atoms with Crippen molar-refractivity contribution in [1.29, 1.82) is 0 Å². The zero-order valence-electron chi connectivity index (χ0n) is 24.3. The quantitative estimate of drug-likeness (QED) is 0.122. The fourth-order valence-corrected chi connectivity index (χ4v) is 6.18. The summed E-state index contributed by atoms with van der Waals surface area (Å²) in [4.78, 5) is 13.0. The number of ether oxygens (including phenoxy) is 3. The maximum atomic E-state index is 13.6. The first-order chi connectivity index (χ1) is 21.1. The van der Waals surface area contributed by atoms with E-state index in [-0.39, 0.29) is 4.90 Å². The summed E-state index contributed by atoms with van der Waals surface area (Å²) in [6.45, 7) is 3.98. The number of halogens is 2. The second kappa shape index (κ2) is 15.1. The van der Waals surface area contributed by atoms with Crippen LogP contribution >= 0.6 is 27.5 Å². The van der Waals surface area contributed by atoms with E-state index < -0.39 is 22.5 Å². The molecule has 1 N–H and O–H groups in total. The number of carbonyl (C=O) groups is 1. The first-order valence-electron chi connectivity index (χ1n) is 13.5. The molecule has 12 heteroatoms. The van der Waals surface area contributed by atoms with Gasteiger partial charge in [0, 0.05) is 5.02 Å². The number of hydrazone groups is 1. The number of hydrogen-bond donors (Lipinski definition) is 1. The van der Waals surface area contributed by atoms with Gasteiger partial charge in [0.2, 0.25) is 0 Å². The van der Waals surface area contributed by atoms with Crippen molar-refractivity contribution < 1.29 is 27.4 Å². The van der Waals surface area contributed by atoms with E-state index in [0.29, 0.717) is 51.2 Å². The zero-order chi connectivity index (χ0) is 31.7. The summed E-state index contributed by atoms with van der Waals surface area (Å²) in [6.07, 6.45) is 1.42. The number of nitrogens with zero attached hydrogens (tertiary/aromatic N) is 2. The molecule has 0 saturated carbocycles. The molecule has 0 heterocycles. The Kier molecular flexibility index (Phi) is 11.3. The van der Waals surface area contributed by atoms with Gasteiger partial charge in [0.05, 0.1) is 35.0 Å². The predicted molar refractivity (Wildman–Crippen MR) is 176 cm³/mol. The van der Waals surface area contributed by atoms with E-state index >= 15 is 0 Å². The van der Waals surface area contributed by atoms with Crippen LogP contribution in [0.1, 0.15) is 23.6 Å². The summed E-state index contributed by atoms with van der Waals surface area (Å²) in [7, 11) is -2.58. The SMILES string of the molecule is CCOc1ccc(S(=O)(=O)N(CC(=O)N/N=C\c2cc(Br)c(OCc3ccc(Cl)cc3)c(OC)c2)c2ccc(C)cc2)cc1. The molecule has 1 amide bonds. The van der Waals surface area contributed by atoms with Crippen LogP contribution in [0.2, 0.25) is 5.02 Å². The molecular weight excluding hydrogens is 670 g/mol. The third kappa shape index (κ3) is 8.52. The van der Waals surface area contributed by atoms with Crippen molar-refractivity contribution in [3.05, 3.63) is 111 Å². The van der Waals surface area contributed by atoms with E-state index in [0.717, 1.165) is 15.4 Å². The number of hydrogen-bond acceptors (Lipinski definition) is 7. The molecule has 4 rings (SSSR count). The Hall–Kier alpha value is -4.06. The lowest BCUT2D eigenvalue weighted by Gasteiger charge is -2.24. The van der Waals surface area contributed by atoms with Gasteiger partial charge in [0.15, 0.2) is 11.5 Å². The molecule has 4 aromatic rings. The van der Waals surface area contributed by atoms with Crippen LogP contribution in [0.25, 0.3) is 0 Å². The summed E-state index contributed by atoms with van der Waals surface area (Å²) in [5.41, 5.74) is 5.24. The van der Waals surface area contributed by atoms with Gasteiger partial charge < -0.3 is 14.2 Å². The second-order valence-corrected chi connectivity index (χ2v) is 12.6. The van der Waals surface area contributed by atoms with Gasteiger partial charge in [0.25, 0.3) is 15.9 Å². The highest BCUT2D eigenvalue weighted by molar-refractivity contribution is 9.10. The van der Waals surface area contributed by atoms with E-state index in [1.165, 1.54) is 25.5 Å². The molecule has 0 spiro atoms. The number of anilines is 1. The Morgan fingerprint density at radius 1 is 1.00 bits per heavy atom.